The predicted octanol–water partition coefficient (Wildman–Crippen LogP) is 3.23. The van der Waals surface area contributed by atoms with E-state index >= 15 is 0 Å². The number of benzene rings is 2. The van der Waals surface area contributed by atoms with Crippen LogP contribution in [-0.2, 0) is 10.0 Å². The SMILES string of the molecule is CCOc1ccc(OCCNS(=O)(=O)c2ccc(OC(C)C)cc2)cc1. The van der Waals surface area contributed by atoms with Gasteiger partial charge in [0.05, 0.1) is 17.6 Å². The van der Waals surface area contributed by atoms with Gasteiger partial charge in [0.15, 0.2) is 0 Å². The van der Waals surface area contributed by atoms with Crippen LogP contribution in [0.4, 0.5) is 0 Å². The molecule has 0 aliphatic carbocycles. The quantitative estimate of drug-likeness (QED) is 0.642. The molecule has 142 valence electrons. The Bertz CT molecular complexity index is 771. The van der Waals surface area contributed by atoms with Gasteiger partial charge in [-0.05, 0) is 69.3 Å². The van der Waals surface area contributed by atoms with E-state index in [0.717, 1.165) is 5.75 Å². The van der Waals surface area contributed by atoms with Gasteiger partial charge < -0.3 is 14.2 Å². The van der Waals surface area contributed by atoms with Gasteiger partial charge in [-0.3, -0.25) is 0 Å². The number of sulfonamides is 1. The number of hydrogen-bond donors (Lipinski definition) is 1. The van der Waals surface area contributed by atoms with Crippen molar-refractivity contribution >= 4 is 10.0 Å². The van der Waals surface area contributed by atoms with Gasteiger partial charge in [-0.15, -0.1) is 0 Å². The molecule has 0 bridgehead atoms. The first-order valence-electron chi connectivity index (χ1n) is 8.53. The Balaban J connectivity index is 1.82. The maximum atomic E-state index is 12.3. The Kier molecular flexibility index (Phi) is 7.29. The van der Waals surface area contributed by atoms with Gasteiger partial charge in [0.2, 0.25) is 10.0 Å². The van der Waals surface area contributed by atoms with E-state index in [-0.39, 0.29) is 24.2 Å². The first-order valence-corrected chi connectivity index (χ1v) is 10.0. The summed E-state index contributed by atoms with van der Waals surface area (Å²) in [4.78, 5) is 0.190. The average molecular weight is 379 g/mol. The Labute approximate surface area is 155 Å². The molecule has 0 aliphatic heterocycles. The fourth-order valence-corrected chi connectivity index (χ4v) is 3.21. The van der Waals surface area contributed by atoms with E-state index in [1.54, 1.807) is 24.3 Å². The minimum atomic E-state index is -3.58. The molecule has 0 amide bonds. The second kappa shape index (κ2) is 9.45. The highest BCUT2D eigenvalue weighted by molar-refractivity contribution is 7.89. The van der Waals surface area contributed by atoms with Gasteiger partial charge in [0, 0.05) is 6.54 Å². The smallest absolute Gasteiger partial charge is 0.240 e. The molecule has 7 heteroatoms. The molecule has 0 fully saturated rings. The van der Waals surface area contributed by atoms with Crippen LogP contribution in [0.25, 0.3) is 0 Å². The van der Waals surface area contributed by atoms with Crippen LogP contribution in [0.3, 0.4) is 0 Å². The van der Waals surface area contributed by atoms with Crippen molar-refractivity contribution in [2.75, 3.05) is 19.8 Å². The van der Waals surface area contributed by atoms with E-state index in [9.17, 15) is 8.42 Å². The monoisotopic (exact) mass is 379 g/mol. The number of ether oxygens (including phenoxy) is 3. The molecule has 2 rings (SSSR count). The summed E-state index contributed by atoms with van der Waals surface area (Å²) >= 11 is 0. The van der Waals surface area contributed by atoms with E-state index in [1.807, 2.05) is 32.9 Å². The molecule has 0 aromatic heterocycles. The zero-order chi connectivity index (χ0) is 19.0. The Morgan fingerprint density at radius 2 is 1.42 bits per heavy atom. The van der Waals surface area contributed by atoms with E-state index in [2.05, 4.69) is 4.72 Å². The molecule has 26 heavy (non-hydrogen) atoms. The molecular weight excluding hydrogens is 354 g/mol. The highest BCUT2D eigenvalue weighted by Gasteiger charge is 2.13. The predicted molar refractivity (Wildman–Crippen MR) is 101 cm³/mol. The second-order valence-corrected chi connectivity index (χ2v) is 7.56. The summed E-state index contributed by atoms with van der Waals surface area (Å²) in [6.07, 6.45) is 0.0373. The fourth-order valence-electron chi connectivity index (χ4n) is 2.20. The second-order valence-electron chi connectivity index (χ2n) is 5.79. The van der Waals surface area contributed by atoms with Crippen LogP contribution in [0.2, 0.25) is 0 Å². The zero-order valence-electron chi connectivity index (χ0n) is 15.3. The van der Waals surface area contributed by atoms with Crippen molar-refractivity contribution in [2.45, 2.75) is 31.8 Å². The van der Waals surface area contributed by atoms with Gasteiger partial charge in [-0.25, -0.2) is 13.1 Å². The highest BCUT2D eigenvalue weighted by Crippen LogP contribution is 2.18. The van der Waals surface area contributed by atoms with E-state index in [4.69, 9.17) is 14.2 Å². The third-order valence-corrected chi connectivity index (χ3v) is 4.78. The molecule has 0 aliphatic rings. The van der Waals surface area contributed by atoms with Crippen molar-refractivity contribution in [1.29, 1.82) is 0 Å². The summed E-state index contributed by atoms with van der Waals surface area (Å²) in [5.74, 6) is 2.06. The highest BCUT2D eigenvalue weighted by atomic mass is 32.2. The lowest BCUT2D eigenvalue weighted by molar-refractivity contribution is 0.242. The van der Waals surface area contributed by atoms with Gasteiger partial charge in [0.1, 0.15) is 23.9 Å². The third kappa shape index (κ3) is 6.24. The largest absolute Gasteiger partial charge is 0.494 e. The summed E-state index contributed by atoms with van der Waals surface area (Å²) < 4.78 is 43.5. The number of rotatable bonds is 10. The molecule has 0 radical (unpaired) electrons. The molecule has 0 unspecified atom stereocenters. The van der Waals surface area contributed by atoms with Gasteiger partial charge in [-0.1, -0.05) is 0 Å². The summed E-state index contributed by atoms with van der Waals surface area (Å²) in [7, 11) is -3.58. The van der Waals surface area contributed by atoms with Crippen molar-refractivity contribution in [2.24, 2.45) is 0 Å². The van der Waals surface area contributed by atoms with Crippen molar-refractivity contribution < 1.29 is 22.6 Å². The van der Waals surface area contributed by atoms with Crippen LogP contribution in [0, 0.1) is 0 Å². The number of hydrogen-bond acceptors (Lipinski definition) is 5. The topological polar surface area (TPSA) is 73.9 Å². The minimum Gasteiger partial charge on any atom is -0.494 e. The van der Waals surface area contributed by atoms with Crippen LogP contribution in [-0.4, -0.2) is 34.3 Å². The maximum absolute atomic E-state index is 12.3. The first kappa shape index (κ1) is 20.1. The molecule has 2 aromatic carbocycles. The standard InChI is InChI=1S/C19H25NO5S/c1-4-23-16-5-7-17(8-6-16)24-14-13-20-26(21,22)19-11-9-18(10-12-19)25-15(2)3/h5-12,15,20H,4,13-14H2,1-3H3. The van der Waals surface area contributed by atoms with Crippen LogP contribution in [0.5, 0.6) is 17.2 Å². The molecular formula is C19H25NO5S. The van der Waals surface area contributed by atoms with Crippen LogP contribution < -0.4 is 18.9 Å². The number of nitrogens with one attached hydrogen (secondary N) is 1. The zero-order valence-corrected chi connectivity index (χ0v) is 16.1. The molecule has 0 atom stereocenters. The molecule has 0 saturated heterocycles. The fraction of sp³-hybridized carbons (Fsp3) is 0.368. The molecule has 0 saturated carbocycles. The van der Waals surface area contributed by atoms with Gasteiger partial charge >= 0.3 is 0 Å². The van der Waals surface area contributed by atoms with Crippen molar-refractivity contribution in [3.05, 3.63) is 48.5 Å². The Morgan fingerprint density at radius 1 is 0.885 bits per heavy atom. The van der Waals surface area contributed by atoms with Gasteiger partial charge in [0.25, 0.3) is 0 Å². The summed E-state index contributed by atoms with van der Waals surface area (Å²) in [5.41, 5.74) is 0. The third-order valence-electron chi connectivity index (χ3n) is 3.30. The van der Waals surface area contributed by atoms with Crippen molar-refractivity contribution in [1.82, 2.24) is 4.72 Å². The maximum Gasteiger partial charge on any atom is 0.240 e. The summed E-state index contributed by atoms with van der Waals surface area (Å²) in [6.45, 7) is 6.74. The molecule has 2 aromatic rings. The lowest BCUT2D eigenvalue weighted by Gasteiger charge is -2.11. The minimum absolute atomic E-state index is 0.0373. The van der Waals surface area contributed by atoms with Gasteiger partial charge in [-0.2, -0.15) is 0 Å². The van der Waals surface area contributed by atoms with Crippen LogP contribution in [0.1, 0.15) is 20.8 Å². The molecule has 6 nitrogen and oxygen atoms in total. The summed E-state index contributed by atoms with van der Waals surface area (Å²) in [5, 5.41) is 0. The molecule has 0 spiro atoms. The summed E-state index contributed by atoms with van der Waals surface area (Å²) in [6, 6.07) is 13.5. The van der Waals surface area contributed by atoms with E-state index < -0.39 is 10.0 Å². The van der Waals surface area contributed by atoms with Crippen LogP contribution in [0.15, 0.2) is 53.4 Å². The average Bonchev–Trinajstić information content (AvgIpc) is 2.60. The van der Waals surface area contributed by atoms with E-state index in [1.165, 1.54) is 12.1 Å². The van der Waals surface area contributed by atoms with E-state index in [0.29, 0.717) is 18.1 Å². The Morgan fingerprint density at radius 3 is 1.96 bits per heavy atom. The van der Waals surface area contributed by atoms with Crippen molar-refractivity contribution in [3.63, 3.8) is 0 Å². The first-order chi connectivity index (χ1) is 12.4. The van der Waals surface area contributed by atoms with Crippen molar-refractivity contribution in [3.8, 4) is 17.2 Å². The lowest BCUT2D eigenvalue weighted by atomic mass is 10.3. The molecule has 1 N–H and O–H groups in total. The molecule has 0 heterocycles. The Hall–Kier alpha value is -2.25. The normalized spacial score (nSPS) is 11.4. The lowest BCUT2D eigenvalue weighted by Crippen LogP contribution is -2.28. The van der Waals surface area contributed by atoms with Crippen LogP contribution >= 0.6 is 0 Å².